The van der Waals surface area contributed by atoms with E-state index in [9.17, 15) is 9.59 Å². The first-order valence-electron chi connectivity index (χ1n) is 6.57. The number of nitrogens with zero attached hydrogens (tertiary/aromatic N) is 1. The molecule has 1 aliphatic rings. The monoisotopic (exact) mass is 241 g/mol. The lowest BCUT2D eigenvalue weighted by molar-refractivity contribution is -0.150. The van der Waals surface area contributed by atoms with Gasteiger partial charge in [-0.2, -0.15) is 0 Å². The molecule has 1 amide bonds. The van der Waals surface area contributed by atoms with Crippen molar-refractivity contribution in [3.05, 3.63) is 0 Å². The molecule has 0 aromatic heterocycles. The maximum Gasteiger partial charge on any atom is 0.323 e. The molecule has 0 aromatic rings. The van der Waals surface area contributed by atoms with Gasteiger partial charge >= 0.3 is 5.97 Å². The SMILES string of the molecule is CCCN(CC(=O)O)C(=O)C1(CC)CCCC1. The number of carbonyl (C=O) groups is 2. The zero-order valence-electron chi connectivity index (χ0n) is 10.9. The van der Waals surface area contributed by atoms with Crippen LogP contribution in [-0.2, 0) is 9.59 Å². The Kier molecular flexibility index (Phi) is 4.97. The average Bonchev–Trinajstić information content (AvgIpc) is 2.76. The minimum absolute atomic E-state index is 0.0572. The number of carboxylic acids is 1. The number of rotatable bonds is 6. The van der Waals surface area contributed by atoms with Crippen molar-refractivity contribution in [3.8, 4) is 0 Å². The fraction of sp³-hybridized carbons (Fsp3) is 0.846. The molecule has 1 rings (SSSR count). The molecule has 98 valence electrons. The van der Waals surface area contributed by atoms with Gasteiger partial charge in [0.15, 0.2) is 0 Å². The molecule has 0 saturated heterocycles. The predicted octanol–water partition coefficient (Wildman–Crippen LogP) is 2.28. The molecule has 0 radical (unpaired) electrons. The van der Waals surface area contributed by atoms with E-state index in [2.05, 4.69) is 0 Å². The van der Waals surface area contributed by atoms with Crippen LogP contribution in [0.3, 0.4) is 0 Å². The lowest BCUT2D eigenvalue weighted by Crippen LogP contribution is -2.45. The summed E-state index contributed by atoms with van der Waals surface area (Å²) < 4.78 is 0. The van der Waals surface area contributed by atoms with Crippen LogP contribution in [0.15, 0.2) is 0 Å². The molecule has 0 spiro atoms. The van der Waals surface area contributed by atoms with Gasteiger partial charge in [-0.25, -0.2) is 0 Å². The molecular weight excluding hydrogens is 218 g/mol. The first-order chi connectivity index (χ1) is 8.05. The van der Waals surface area contributed by atoms with Gasteiger partial charge in [0.2, 0.25) is 5.91 Å². The van der Waals surface area contributed by atoms with E-state index in [-0.39, 0.29) is 17.9 Å². The van der Waals surface area contributed by atoms with Crippen LogP contribution >= 0.6 is 0 Å². The molecule has 4 nitrogen and oxygen atoms in total. The van der Waals surface area contributed by atoms with Gasteiger partial charge in [0.25, 0.3) is 0 Å². The van der Waals surface area contributed by atoms with Crippen molar-refractivity contribution in [2.24, 2.45) is 5.41 Å². The average molecular weight is 241 g/mol. The van der Waals surface area contributed by atoms with E-state index in [1.807, 2.05) is 13.8 Å². The van der Waals surface area contributed by atoms with E-state index in [4.69, 9.17) is 5.11 Å². The molecule has 0 aliphatic heterocycles. The van der Waals surface area contributed by atoms with Crippen molar-refractivity contribution < 1.29 is 14.7 Å². The fourth-order valence-corrected chi connectivity index (χ4v) is 2.79. The van der Waals surface area contributed by atoms with Crippen LogP contribution in [0.25, 0.3) is 0 Å². The maximum atomic E-state index is 12.5. The van der Waals surface area contributed by atoms with Crippen molar-refractivity contribution in [1.82, 2.24) is 4.90 Å². The summed E-state index contributed by atoms with van der Waals surface area (Å²) >= 11 is 0. The molecule has 17 heavy (non-hydrogen) atoms. The highest BCUT2D eigenvalue weighted by molar-refractivity contribution is 5.86. The number of hydrogen-bond donors (Lipinski definition) is 1. The molecule has 0 atom stereocenters. The van der Waals surface area contributed by atoms with Crippen molar-refractivity contribution in [2.75, 3.05) is 13.1 Å². The number of carbonyl (C=O) groups excluding carboxylic acids is 1. The highest BCUT2D eigenvalue weighted by Crippen LogP contribution is 2.42. The zero-order valence-corrected chi connectivity index (χ0v) is 10.9. The van der Waals surface area contributed by atoms with Crippen molar-refractivity contribution in [3.63, 3.8) is 0 Å². The Bertz CT molecular complexity index is 282. The summed E-state index contributed by atoms with van der Waals surface area (Å²) in [6.07, 6.45) is 5.65. The van der Waals surface area contributed by atoms with Crippen LogP contribution in [0, 0.1) is 5.41 Å². The standard InChI is InChI=1S/C13H23NO3/c1-3-9-14(10-11(15)16)12(17)13(4-2)7-5-6-8-13/h3-10H2,1-2H3,(H,15,16). The second-order valence-corrected chi connectivity index (χ2v) is 4.96. The lowest BCUT2D eigenvalue weighted by Gasteiger charge is -2.32. The molecule has 1 saturated carbocycles. The Morgan fingerprint density at radius 1 is 1.24 bits per heavy atom. The molecule has 1 aliphatic carbocycles. The summed E-state index contributed by atoms with van der Waals surface area (Å²) in [7, 11) is 0. The second-order valence-electron chi connectivity index (χ2n) is 4.96. The Morgan fingerprint density at radius 3 is 2.24 bits per heavy atom. The second kappa shape index (κ2) is 6.03. The number of amides is 1. The quantitative estimate of drug-likeness (QED) is 0.776. The summed E-state index contributed by atoms with van der Waals surface area (Å²) in [6, 6.07) is 0. The summed E-state index contributed by atoms with van der Waals surface area (Å²) in [6.45, 7) is 4.39. The summed E-state index contributed by atoms with van der Waals surface area (Å²) in [5, 5.41) is 8.86. The van der Waals surface area contributed by atoms with E-state index in [1.54, 1.807) is 0 Å². The highest BCUT2D eigenvalue weighted by atomic mass is 16.4. The predicted molar refractivity (Wildman–Crippen MR) is 65.7 cm³/mol. The van der Waals surface area contributed by atoms with Crippen LogP contribution in [0.1, 0.15) is 52.4 Å². The van der Waals surface area contributed by atoms with Crippen molar-refractivity contribution in [2.45, 2.75) is 52.4 Å². The first kappa shape index (κ1) is 14.0. The topological polar surface area (TPSA) is 57.6 Å². The fourth-order valence-electron chi connectivity index (χ4n) is 2.79. The van der Waals surface area contributed by atoms with Crippen molar-refractivity contribution >= 4 is 11.9 Å². The molecule has 1 N–H and O–H groups in total. The van der Waals surface area contributed by atoms with Gasteiger partial charge in [-0.1, -0.05) is 26.7 Å². The summed E-state index contributed by atoms with van der Waals surface area (Å²) in [5.41, 5.74) is -0.273. The zero-order chi connectivity index (χ0) is 12.9. The van der Waals surface area contributed by atoms with Crippen LogP contribution in [0.2, 0.25) is 0 Å². The Balaban J connectivity index is 2.77. The van der Waals surface area contributed by atoms with E-state index >= 15 is 0 Å². The normalized spacial score (nSPS) is 18.0. The van der Waals surface area contributed by atoms with E-state index < -0.39 is 5.97 Å². The Hall–Kier alpha value is -1.06. The molecule has 4 heteroatoms. The van der Waals surface area contributed by atoms with Crippen LogP contribution in [0.5, 0.6) is 0 Å². The van der Waals surface area contributed by atoms with Gasteiger partial charge in [-0.3, -0.25) is 9.59 Å². The van der Waals surface area contributed by atoms with Gasteiger partial charge in [-0.05, 0) is 25.7 Å². The smallest absolute Gasteiger partial charge is 0.323 e. The molecule has 0 bridgehead atoms. The minimum atomic E-state index is -0.920. The first-order valence-corrected chi connectivity index (χ1v) is 6.57. The Labute approximate surface area is 103 Å². The number of aliphatic carboxylic acids is 1. The van der Waals surface area contributed by atoms with E-state index in [1.165, 1.54) is 4.90 Å². The molecule has 0 heterocycles. The summed E-state index contributed by atoms with van der Waals surface area (Å²) in [4.78, 5) is 24.8. The van der Waals surface area contributed by atoms with Gasteiger partial charge in [-0.15, -0.1) is 0 Å². The molecular formula is C13H23NO3. The highest BCUT2D eigenvalue weighted by Gasteiger charge is 2.41. The number of hydrogen-bond acceptors (Lipinski definition) is 2. The molecule has 1 fully saturated rings. The van der Waals surface area contributed by atoms with Gasteiger partial charge < -0.3 is 10.0 Å². The third kappa shape index (κ3) is 3.20. The van der Waals surface area contributed by atoms with Gasteiger partial charge in [0.1, 0.15) is 6.54 Å². The summed E-state index contributed by atoms with van der Waals surface area (Å²) in [5.74, 6) is -0.863. The van der Waals surface area contributed by atoms with Crippen LogP contribution in [0.4, 0.5) is 0 Å². The third-order valence-electron chi connectivity index (χ3n) is 3.80. The Morgan fingerprint density at radius 2 is 1.82 bits per heavy atom. The van der Waals surface area contributed by atoms with Gasteiger partial charge in [0.05, 0.1) is 0 Å². The largest absolute Gasteiger partial charge is 0.480 e. The van der Waals surface area contributed by atoms with Crippen LogP contribution < -0.4 is 0 Å². The van der Waals surface area contributed by atoms with Crippen molar-refractivity contribution in [1.29, 1.82) is 0 Å². The van der Waals surface area contributed by atoms with Crippen LogP contribution in [-0.4, -0.2) is 35.0 Å². The van der Waals surface area contributed by atoms with Gasteiger partial charge in [0, 0.05) is 12.0 Å². The lowest BCUT2D eigenvalue weighted by atomic mass is 9.82. The van der Waals surface area contributed by atoms with E-state index in [0.717, 1.165) is 38.5 Å². The molecule has 0 aromatic carbocycles. The molecule has 0 unspecified atom stereocenters. The number of carboxylic acid groups (broad SMARTS) is 1. The maximum absolute atomic E-state index is 12.5. The third-order valence-corrected chi connectivity index (χ3v) is 3.80. The minimum Gasteiger partial charge on any atom is -0.480 e. The van der Waals surface area contributed by atoms with E-state index in [0.29, 0.717) is 6.54 Å².